The van der Waals surface area contributed by atoms with Crippen molar-refractivity contribution in [3.8, 4) is 28.9 Å². The number of aromatic nitrogens is 4. The number of anilines is 2. The first-order chi connectivity index (χ1) is 22.8. The third-order valence-electron chi connectivity index (χ3n) is 8.24. The van der Waals surface area contributed by atoms with Gasteiger partial charge in [0.05, 0.1) is 28.3 Å². The smallest absolute Gasteiger partial charge is 0.397 e. The second kappa shape index (κ2) is 14.4. The highest BCUT2D eigenvalue weighted by molar-refractivity contribution is 7.86. The summed E-state index contributed by atoms with van der Waals surface area (Å²) in [5.74, 6) is 1.05. The predicted octanol–water partition coefficient (Wildman–Crippen LogP) is 7.90. The van der Waals surface area contributed by atoms with Gasteiger partial charge in [0, 0.05) is 30.9 Å². The Labute approximate surface area is 281 Å². The second-order valence-corrected chi connectivity index (χ2v) is 14.4. The van der Waals surface area contributed by atoms with Gasteiger partial charge >= 0.3 is 6.18 Å². The summed E-state index contributed by atoms with van der Waals surface area (Å²) in [6, 6.07) is 20.7. The molecule has 4 heterocycles. The molecule has 1 atom stereocenters. The van der Waals surface area contributed by atoms with Crippen LogP contribution in [0.25, 0.3) is 16.9 Å². The van der Waals surface area contributed by atoms with Gasteiger partial charge in [0.1, 0.15) is 18.2 Å². The maximum atomic E-state index is 13.6. The van der Waals surface area contributed by atoms with E-state index >= 15 is 0 Å². The van der Waals surface area contributed by atoms with Gasteiger partial charge in [-0.3, -0.25) is 4.72 Å². The molecule has 0 radical (unpaired) electrons. The molecule has 0 aliphatic carbocycles. The van der Waals surface area contributed by atoms with Gasteiger partial charge in [-0.25, -0.2) is 18.9 Å². The van der Waals surface area contributed by atoms with Gasteiger partial charge in [-0.2, -0.15) is 18.4 Å². The maximum absolute atomic E-state index is 13.6. The van der Waals surface area contributed by atoms with E-state index in [0.29, 0.717) is 41.1 Å². The molecule has 254 valence electrons. The Morgan fingerprint density at radius 1 is 0.958 bits per heavy atom. The van der Waals surface area contributed by atoms with Gasteiger partial charge in [-0.1, -0.05) is 43.2 Å². The fraction of sp³-hybridized carbons (Fsp3) is 0.429. The molecule has 9 nitrogen and oxygen atoms in total. The minimum atomic E-state index is -4.43. The van der Waals surface area contributed by atoms with Gasteiger partial charge in [0.15, 0.2) is 16.0 Å². The summed E-state index contributed by atoms with van der Waals surface area (Å²) in [5.41, 5.74) is 0.444. The number of halogens is 3. The van der Waals surface area contributed by atoms with Crippen LogP contribution in [0.1, 0.15) is 58.9 Å². The molecule has 0 saturated heterocycles. The number of aryl methyl sites for hydroxylation is 1. The molecule has 3 aromatic heterocycles. The lowest BCUT2D eigenvalue weighted by Crippen LogP contribution is -2.37. The van der Waals surface area contributed by atoms with Crippen LogP contribution < -0.4 is 14.4 Å². The summed E-state index contributed by atoms with van der Waals surface area (Å²) in [7, 11) is -1.77. The van der Waals surface area contributed by atoms with E-state index in [4.69, 9.17) is 14.7 Å². The van der Waals surface area contributed by atoms with Crippen molar-refractivity contribution in [2.45, 2.75) is 71.0 Å². The van der Waals surface area contributed by atoms with E-state index in [1.807, 2.05) is 44.2 Å². The van der Waals surface area contributed by atoms with Crippen LogP contribution in [0, 0.1) is 22.2 Å². The summed E-state index contributed by atoms with van der Waals surface area (Å²) in [6.45, 7) is 6.58. The Morgan fingerprint density at radius 2 is 1.73 bits per heavy atom. The molecule has 0 amide bonds. The van der Waals surface area contributed by atoms with Crippen LogP contribution in [0.2, 0.25) is 0 Å². The summed E-state index contributed by atoms with van der Waals surface area (Å²) in [6.07, 6.45) is 1.83. The molecule has 1 unspecified atom stereocenters. The highest BCUT2D eigenvalue weighted by Crippen LogP contribution is 2.38. The van der Waals surface area contributed by atoms with Crippen LogP contribution in [0.5, 0.6) is 5.88 Å². The molecule has 1 aliphatic rings. The maximum Gasteiger partial charge on any atom is 0.397 e. The molecule has 0 saturated carbocycles. The van der Waals surface area contributed by atoms with Crippen LogP contribution in [-0.4, -0.2) is 49.8 Å². The van der Waals surface area contributed by atoms with Crippen molar-refractivity contribution in [1.29, 1.82) is 5.26 Å². The minimum Gasteiger partial charge on any atom is -0.476 e. The van der Waals surface area contributed by atoms with Crippen LogP contribution in [-0.2, 0) is 17.4 Å². The monoisotopic (exact) mass is 679 g/mol. The number of hydrogen-bond donors (Lipinski definition) is 1. The standard InChI is InChI=1S/C35H40F3N7O2S/c1-33(2,22-39)23-44-20-10-6-5-7-12-25-13-8-9-14-26(25)32-27(45-21-19-30(42-45)47-24-34(3,4)35(36,37)38)17-18-28(40-32)43-48(46)31-16-11-15-29(44)41-31/h8-9,11,13-19,21H,5-7,10,12,20,23-24H2,1-4H3,(H,40,43). The third-order valence-corrected chi connectivity index (χ3v) is 9.24. The van der Waals surface area contributed by atoms with E-state index in [9.17, 15) is 22.6 Å². The molecule has 4 aromatic rings. The third kappa shape index (κ3) is 8.34. The van der Waals surface area contributed by atoms with Crippen molar-refractivity contribution in [2.75, 3.05) is 29.3 Å². The van der Waals surface area contributed by atoms with E-state index < -0.39 is 34.6 Å². The fourth-order valence-electron chi connectivity index (χ4n) is 5.30. The lowest BCUT2D eigenvalue weighted by atomic mass is 9.94. The van der Waals surface area contributed by atoms with Crippen molar-refractivity contribution >= 4 is 22.6 Å². The Balaban J connectivity index is 1.51. The number of fused-ring (bicyclic) bond motifs is 6. The summed E-state index contributed by atoms with van der Waals surface area (Å²) < 4.78 is 63.8. The largest absolute Gasteiger partial charge is 0.476 e. The minimum absolute atomic E-state index is 0.0542. The molecule has 5 rings (SSSR count). The molecular weight excluding hydrogens is 639 g/mol. The number of hydrogen-bond acceptors (Lipinski definition) is 7. The quantitative estimate of drug-likeness (QED) is 0.221. The molecule has 4 bridgehead atoms. The number of benzene rings is 1. The number of nitrogens with zero attached hydrogens (tertiary/aromatic N) is 6. The van der Waals surface area contributed by atoms with E-state index in [1.54, 1.807) is 24.4 Å². The summed E-state index contributed by atoms with van der Waals surface area (Å²) in [4.78, 5) is 11.7. The number of nitrogens with one attached hydrogen (secondary N) is 1. The van der Waals surface area contributed by atoms with E-state index in [0.717, 1.165) is 57.1 Å². The van der Waals surface area contributed by atoms with Gasteiger partial charge in [-0.05, 0) is 76.8 Å². The van der Waals surface area contributed by atoms with Crippen molar-refractivity contribution in [1.82, 2.24) is 19.7 Å². The lowest BCUT2D eigenvalue weighted by molar-refractivity contribution is -0.219. The molecule has 1 N–H and O–H groups in total. The first-order valence-electron chi connectivity index (χ1n) is 15.9. The van der Waals surface area contributed by atoms with E-state index in [1.165, 1.54) is 10.7 Å². The van der Waals surface area contributed by atoms with Gasteiger partial charge in [0.2, 0.25) is 5.88 Å². The summed E-state index contributed by atoms with van der Waals surface area (Å²) in [5, 5.41) is 14.5. The molecule has 13 heteroatoms. The Bertz CT molecular complexity index is 1800. The van der Waals surface area contributed by atoms with Crippen LogP contribution in [0.15, 0.2) is 71.9 Å². The number of alkyl halides is 3. The molecule has 0 fully saturated rings. The van der Waals surface area contributed by atoms with Crippen LogP contribution in [0.4, 0.5) is 24.8 Å². The molecule has 1 aliphatic heterocycles. The second-order valence-electron chi connectivity index (χ2n) is 13.3. The lowest BCUT2D eigenvalue weighted by Gasteiger charge is -2.29. The summed E-state index contributed by atoms with van der Waals surface area (Å²) >= 11 is 0. The van der Waals surface area contributed by atoms with Crippen molar-refractivity contribution in [3.05, 3.63) is 72.4 Å². The highest BCUT2D eigenvalue weighted by atomic mass is 32.2. The average Bonchev–Trinajstić information content (AvgIpc) is 3.53. The van der Waals surface area contributed by atoms with E-state index in [2.05, 4.69) is 26.9 Å². The zero-order valence-electron chi connectivity index (χ0n) is 27.5. The molecule has 0 spiro atoms. The molecule has 1 aromatic carbocycles. The van der Waals surface area contributed by atoms with Crippen molar-refractivity contribution in [2.24, 2.45) is 10.8 Å². The van der Waals surface area contributed by atoms with Gasteiger partial charge in [0.25, 0.3) is 0 Å². The van der Waals surface area contributed by atoms with Crippen molar-refractivity contribution in [3.63, 3.8) is 0 Å². The topological polar surface area (TPSA) is 109 Å². The van der Waals surface area contributed by atoms with Crippen molar-refractivity contribution < 1.29 is 22.1 Å². The van der Waals surface area contributed by atoms with E-state index in [-0.39, 0.29) is 5.88 Å². The Kier molecular flexibility index (Phi) is 10.4. The number of ether oxygens (including phenoxy) is 1. The average molecular weight is 680 g/mol. The number of rotatable bonds is 6. The van der Waals surface area contributed by atoms with Crippen LogP contribution in [0.3, 0.4) is 0 Å². The van der Waals surface area contributed by atoms with Crippen LogP contribution >= 0.6 is 0 Å². The predicted molar refractivity (Wildman–Crippen MR) is 180 cm³/mol. The first-order valence-corrected chi connectivity index (χ1v) is 17.1. The zero-order valence-corrected chi connectivity index (χ0v) is 28.4. The highest BCUT2D eigenvalue weighted by Gasteiger charge is 2.48. The zero-order chi connectivity index (χ0) is 34.5. The fourth-order valence-corrected chi connectivity index (χ4v) is 6.09. The molecular formula is C35H40F3N7O2S. The van der Waals surface area contributed by atoms with Gasteiger partial charge < -0.3 is 9.64 Å². The first kappa shape index (κ1) is 34.9. The Morgan fingerprint density at radius 3 is 2.50 bits per heavy atom. The SMILES string of the molecule is CC(C)(C#N)CN1CCCCCCc2ccccc2-c2nc(ccc2-n2ccc(OCC(C)(C)C(F)(F)F)n2)NS(=O)c2cccc1n2. The molecule has 48 heavy (non-hydrogen) atoms. The number of pyridine rings is 2. The van der Waals surface area contributed by atoms with Gasteiger partial charge in [-0.15, -0.1) is 5.10 Å². The number of nitriles is 1. The Hall–Kier alpha value is -4.44. The normalized spacial score (nSPS) is 16.3.